The van der Waals surface area contributed by atoms with Gasteiger partial charge in [-0.2, -0.15) is 13.2 Å². The van der Waals surface area contributed by atoms with Crippen LogP contribution in [-0.4, -0.2) is 64.2 Å². The molecule has 4 rings (SSSR count). The summed E-state index contributed by atoms with van der Waals surface area (Å²) in [5.74, 6) is 6.95. The Kier molecular flexibility index (Phi) is 8.90. The highest BCUT2D eigenvalue weighted by Gasteiger charge is 2.31. The maximum Gasteiger partial charge on any atom is 0.393 e. The van der Waals surface area contributed by atoms with Gasteiger partial charge in [0.2, 0.25) is 0 Å². The number of hydrogen-bond donors (Lipinski definition) is 2. The molecule has 2 aromatic carbocycles. The highest BCUT2D eigenvalue weighted by Crippen LogP contribution is 2.40. The first-order valence-corrected chi connectivity index (χ1v) is 16.3. The number of hydrogen-bond acceptors (Lipinski definition) is 6. The molecular weight excluding hydrogens is 542 g/mol. The van der Waals surface area contributed by atoms with E-state index in [-0.39, 0.29) is 18.2 Å². The Bertz CT molecular complexity index is 1440. The molecule has 2 heterocycles. The maximum absolute atomic E-state index is 13.6. The van der Waals surface area contributed by atoms with Crippen LogP contribution in [0.3, 0.4) is 0 Å². The number of piperidine rings is 1. The number of rotatable bonds is 7. The molecule has 0 saturated carbocycles. The predicted molar refractivity (Wildman–Crippen MR) is 158 cm³/mol. The number of alkyl halides is 3. The zero-order chi connectivity index (χ0) is 28.4. The zero-order valence-corrected chi connectivity index (χ0v) is 24.6. The summed E-state index contributed by atoms with van der Waals surface area (Å²) in [7, 11) is 1.20. The number of nitrogens with zero attached hydrogens (tertiary/aromatic N) is 1. The number of ether oxygens (including phenoxy) is 1. The number of nitrogens with one attached hydrogen (secondary N) is 2. The number of benzene rings is 2. The molecule has 0 aliphatic carbocycles. The first-order chi connectivity index (χ1) is 18.4. The second-order valence-corrected chi connectivity index (χ2v) is 14.8. The molecule has 0 bridgehead atoms. The highest BCUT2D eigenvalue weighted by molar-refractivity contribution is 7.70. The minimum atomic E-state index is -4.35. The van der Waals surface area contributed by atoms with Crippen LogP contribution < -0.4 is 20.7 Å². The van der Waals surface area contributed by atoms with Gasteiger partial charge in [0.05, 0.1) is 41.0 Å². The van der Waals surface area contributed by atoms with Crippen LogP contribution in [0.25, 0.3) is 10.1 Å². The van der Waals surface area contributed by atoms with Crippen molar-refractivity contribution in [3.05, 3.63) is 46.8 Å². The Morgan fingerprint density at radius 2 is 1.97 bits per heavy atom. The summed E-state index contributed by atoms with van der Waals surface area (Å²) in [6.07, 6.45) is -4.39. The SMILES string of the molecule is COc1cc(P(C)(C)=O)ccc1NCC#Cc1sc2c(N[C@@H]3CCN(C)C[C@@H]3C)cccc2c1CC(F)(F)F. The van der Waals surface area contributed by atoms with Crippen molar-refractivity contribution in [1.82, 2.24) is 4.90 Å². The smallest absolute Gasteiger partial charge is 0.393 e. The standard InChI is InChI=1S/C29H35F3N3O2PS/c1-19-18-35(2)15-13-23(19)34-25-9-6-8-21-22(17-29(30,31)32)27(39-28(21)25)10-7-14-33-24-12-11-20(38(4,5)36)16-26(24)37-3/h6,8-9,11-12,16,19,23,33-34H,13-15,17-18H2,1-5H3/t19-,23+/m0/s1. The third-order valence-corrected chi connectivity index (χ3v) is 9.74. The molecule has 0 amide bonds. The van der Waals surface area contributed by atoms with Crippen molar-refractivity contribution in [3.63, 3.8) is 0 Å². The van der Waals surface area contributed by atoms with Gasteiger partial charge in [-0.25, -0.2) is 0 Å². The number of halogens is 3. The predicted octanol–water partition coefficient (Wildman–Crippen LogP) is 6.48. The molecular formula is C29H35F3N3O2PS. The fourth-order valence-corrected chi connectivity index (χ4v) is 6.99. The average molecular weight is 578 g/mol. The van der Waals surface area contributed by atoms with Crippen LogP contribution in [0.5, 0.6) is 5.75 Å². The zero-order valence-electron chi connectivity index (χ0n) is 22.9. The Morgan fingerprint density at radius 1 is 1.21 bits per heavy atom. The van der Waals surface area contributed by atoms with Crippen LogP contribution in [0.4, 0.5) is 24.5 Å². The highest BCUT2D eigenvalue weighted by atomic mass is 32.1. The van der Waals surface area contributed by atoms with Gasteiger partial charge in [0.25, 0.3) is 0 Å². The number of methoxy groups -OCH3 is 1. The lowest BCUT2D eigenvalue weighted by Crippen LogP contribution is -2.43. The van der Waals surface area contributed by atoms with E-state index in [4.69, 9.17) is 4.74 Å². The van der Waals surface area contributed by atoms with Gasteiger partial charge in [0.15, 0.2) is 0 Å². The monoisotopic (exact) mass is 577 g/mol. The Morgan fingerprint density at radius 3 is 2.64 bits per heavy atom. The van der Waals surface area contributed by atoms with Gasteiger partial charge in [-0.05, 0) is 74.5 Å². The van der Waals surface area contributed by atoms with Crippen molar-refractivity contribution in [2.45, 2.75) is 32.0 Å². The molecule has 1 fully saturated rings. The number of likely N-dealkylation sites (tertiary alicyclic amines) is 1. The molecule has 0 radical (unpaired) electrons. The quantitative estimate of drug-likeness (QED) is 0.249. The lowest BCUT2D eigenvalue weighted by Gasteiger charge is -2.35. The summed E-state index contributed by atoms with van der Waals surface area (Å²) < 4.78 is 59.4. The minimum absolute atomic E-state index is 0.212. The fourth-order valence-electron chi connectivity index (χ4n) is 4.95. The van der Waals surface area contributed by atoms with E-state index < -0.39 is 19.7 Å². The van der Waals surface area contributed by atoms with Gasteiger partial charge < -0.3 is 24.8 Å². The number of fused-ring (bicyclic) bond motifs is 1. The summed E-state index contributed by atoms with van der Waals surface area (Å²) in [6, 6.07) is 11.1. The van der Waals surface area contributed by atoms with E-state index in [1.165, 1.54) is 18.4 Å². The van der Waals surface area contributed by atoms with E-state index in [2.05, 4.69) is 41.3 Å². The lowest BCUT2D eigenvalue weighted by molar-refractivity contribution is -0.126. The van der Waals surface area contributed by atoms with Gasteiger partial charge in [0, 0.05) is 17.9 Å². The first-order valence-electron chi connectivity index (χ1n) is 12.9. The van der Waals surface area contributed by atoms with E-state index in [1.54, 1.807) is 37.6 Å². The molecule has 3 aromatic rings. The van der Waals surface area contributed by atoms with Crippen molar-refractivity contribution in [2.24, 2.45) is 5.92 Å². The van der Waals surface area contributed by atoms with Crippen LogP contribution in [0.1, 0.15) is 23.8 Å². The number of anilines is 2. The molecule has 5 nitrogen and oxygen atoms in total. The van der Waals surface area contributed by atoms with Crippen molar-refractivity contribution < 1.29 is 22.5 Å². The Labute approximate surface area is 232 Å². The lowest BCUT2D eigenvalue weighted by atomic mass is 9.94. The van der Waals surface area contributed by atoms with E-state index in [0.717, 1.165) is 29.9 Å². The van der Waals surface area contributed by atoms with E-state index in [9.17, 15) is 17.7 Å². The number of thiophene rings is 1. The Hall–Kier alpha value is -2.66. The first kappa shape index (κ1) is 29.3. The van der Waals surface area contributed by atoms with Crippen LogP contribution >= 0.6 is 18.5 Å². The summed E-state index contributed by atoms with van der Waals surface area (Å²) >= 11 is 1.31. The van der Waals surface area contributed by atoms with Crippen LogP contribution in [0, 0.1) is 17.8 Å². The van der Waals surface area contributed by atoms with Crippen molar-refractivity contribution in [2.75, 3.05) is 57.8 Å². The van der Waals surface area contributed by atoms with Gasteiger partial charge in [-0.1, -0.05) is 30.9 Å². The van der Waals surface area contributed by atoms with Crippen LogP contribution in [0.2, 0.25) is 0 Å². The summed E-state index contributed by atoms with van der Waals surface area (Å²) in [5, 5.41) is 8.09. The Balaban J connectivity index is 1.60. The molecule has 1 aliphatic heterocycles. The molecule has 2 atom stereocenters. The molecule has 1 aliphatic rings. The third-order valence-electron chi connectivity index (χ3n) is 7.02. The second kappa shape index (κ2) is 11.8. The van der Waals surface area contributed by atoms with Crippen molar-refractivity contribution in [1.29, 1.82) is 0 Å². The van der Waals surface area contributed by atoms with Gasteiger partial charge >= 0.3 is 6.18 Å². The van der Waals surface area contributed by atoms with Crippen molar-refractivity contribution in [3.8, 4) is 17.6 Å². The van der Waals surface area contributed by atoms with E-state index in [0.29, 0.717) is 32.9 Å². The maximum atomic E-state index is 13.6. The van der Waals surface area contributed by atoms with Gasteiger partial charge in [0.1, 0.15) is 12.9 Å². The molecule has 0 spiro atoms. The largest absolute Gasteiger partial charge is 0.495 e. The summed E-state index contributed by atoms with van der Waals surface area (Å²) in [6.45, 7) is 7.76. The molecule has 39 heavy (non-hydrogen) atoms. The molecule has 2 N–H and O–H groups in total. The van der Waals surface area contributed by atoms with Crippen LogP contribution in [0.15, 0.2) is 36.4 Å². The molecule has 1 saturated heterocycles. The molecule has 10 heteroatoms. The normalized spacial score (nSPS) is 18.5. The molecule has 0 unspecified atom stereocenters. The van der Waals surface area contributed by atoms with Crippen molar-refractivity contribution >= 4 is 45.2 Å². The topological polar surface area (TPSA) is 53.6 Å². The molecule has 1 aromatic heterocycles. The summed E-state index contributed by atoms with van der Waals surface area (Å²) in [4.78, 5) is 2.73. The summed E-state index contributed by atoms with van der Waals surface area (Å²) in [5.41, 5.74) is 1.76. The third kappa shape index (κ3) is 7.30. The van der Waals surface area contributed by atoms with Gasteiger partial charge in [-0.3, -0.25) is 0 Å². The van der Waals surface area contributed by atoms with E-state index in [1.807, 2.05) is 12.1 Å². The van der Waals surface area contributed by atoms with Crippen LogP contribution in [-0.2, 0) is 11.0 Å². The molecule has 210 valence electrons. The van der Waals surface area contributed by atoms with Gasteiger partial charge in [-0.15, -0.1) is 11.3 Å². The fraction of sp³-hybridized carbons (Fsp3) is 0.448. The minimum Gasteiger partial charge on any atom is -0.495 e. The average Bonchev–Trinajstić information content (AvgIpc) is 3.19. The van der Waals surface area contributed by atoms with E-state index >= 15 is 0 Å². The second-order valence-electron chi connectivity index (χ2n) is 10.6.